The zero-order chi connectivity index (χ0) is 23.4. The molecule has 1 saturated carbocycles. The van der Waals surface area contributed by atoms with Gasteiger partial charge < -0.3 is 19.5 Å². The van der Waals surface area contributed by atoms with E-state index in [0.29, 0.717) is 42.8 Å². The van der Waals surface area contributed by atoms with Crippen molar-refractivity contribution in [1.82, 2.24) is 9.80 Å². The Bertz CT molecular complexity index is 761. The number of amides is 1. The molecule has 7 heteroatoms. The summed E-state index contributed by atoms with van der Waals surface area (Å²) < 4.78 is 24.4. The predicted octanol–water partition coefficient (Wildman–Crippen LogP) is 3.33. The van der Waals surface area contributed by atoms with Crippen molar-refractivity contribution in [3.8, 4) is 5.75 Å². The van der Waals surface area contributed by atoms with Crippen LogP contribution in [-0.2, 0) is 9.53 Å². The van der Waals surface area contributed by atoms with Crippen molar-refractivity contribution in [1.29, 1.82) is 0 Å². The minimum Gasteiger partial charge on any atom is -0.490 e. The van der Waals surface area contributed by atoms with Crippen molar-refractivity contribution < 1.29 is 23.8 Å². The molecule has 1 amide bonds. The van der Waals surface area contributed by atoms with Crippen molar-refractivity contribution in [2.75, 3.05) is 46.5 Å². The molecule has 2 fully saturated rings. The van der Waals surface area contributed by atoms with Gasteiger partial charge in [-0.25, -0.2) is 4.39 Å². The summed E-state index contributed by atoms with van der Waals surface area (Å²) >= 11 is 0. The number of rotatable bonds is 6. The SMILES string of the molecule is COCC(=O)N1CCN(C2CCC(C(C)(C)C)CC2)CC(O)(COc2cccc(F)c2)C1. The monoisotopic (exact) mass is 450 g/mol. The average Bonchev–Trinajstić information content (AvgIpc) is 2.92. The first-order chi connectivity index (χ1) is 15.1. The number of carbonyl (C=O) groups excluding carboxylic acids is 1. The molecule has 1 N–H and O–H groups in total. The second kappa shape index (κ2) is 10.5. The summed E-state index contributed by atoms with van der Waals surface area (Å²) in [4.78, 5) is 16.6. The molecule has 1 aliphatic carbocycles. The van der Waals surface area contributed by atoms with Crippen LogP contribution in [0.3, 0.4) is 0 Å². The molecule has 1 aromatic rings. The number of ether oxygens (including phenoxy) is 2. The van der Waals surface area contributed by atoms with Gasteiger partial charge in [-0.3, -0.25) is 9.69 Å². The number of methoxy groups -OCH3 is 1. The first-order valence-corrected chi connectivity index (χ1v) is 11.7. The maximum absolute atomic E-state index is 13.5. The first kappa shape index (κ1) is 24.9. The smallest absolute Gasteiger partial charge is 0.248 e. The van der Waals surface area contributed by atoms with Crippen LogP contribution in [0.15, 0.2) is 24.3 Å². The molecular formula is C25H39FN2O4. The molecule has 1 heterocycles. The highest BCUT2D eigenvalue weighted by Crippen LogP contribution is 2.39. The van der Waals surface area contributed by atoms with E-state index in [1.54, 1.807) is 17.0 Å². The average molecular weight is 451 g/mol. The lowest BCUT2D eigenvalue weighted by Gasteiger charge is -2.42. The molecule has 1 saturated heterocycles. The summed E-state index contributed by atoms with van der Waals surface area (Å²) in [5, 5.41) is 11.6. The van der Waals surface area contributed by atoms with Crippen molar-refractivity contribution in [2.24, 2.45) is 11.3 Å². The number of carbonyl (C=O) groups is 1. The summed E-state index contributed by atoms with van der Waals surface area (Å²) in [5.74, 6) is 0.551. The van der Waals surface area contributed by atoms with Crippen molar-refractivity contribution in [3.63, 3.8) is 0 Å². The van der Waals surface area contributed by atoms with Gasteiger partial charge in [-0.05, 0) is 49.1 Å². The van der Waals surface area contributed by atoms with Gasteiger partial charge in [0.05, 0.1) is 6.54 Å². The maximum atomic E-state index is 13.5. The van der Waals surface area contributed by atoms with Gasteiger partial charge in [0.15, 0.2) is 0 Å². The standard InChI is InChI=1S/C25H39FN2O4/c1-24(2,3)19-8-10-21(11-9-19)27-12-13-28(23(29)15-31-4)17-25(30,16-27)18-32-22-7-5-6-20(26)14-22/h5-7,14,19,21,30H,8-13,15-18H2,1-4H3. The molecule has 1 aliphatic heterocycles. The minimum atomic E-state index is -1.26. The Morgan fingerprint density at radius 2 is 1.91 bits per heavy atom. The highest BCUT2D eigenvalue weighted by molar-refractivity contribution is 5.77. The van der Waals surface area contributed by atoms with E-state index in [-0.39, 0.29) is 31.5 Å². The quantitative estimate of drug-likeness (QED) is 0.720. The molecule has 0 aromatic heterocycles. The van der Waals surface area contributed by atoms with Gasteiger partial charge in [0, 0.05) is 38.9 Å². The van der Waals surface area contributed by atoms with E-state index in [4.69, 9.17) is 9.47 Å². The Hall–Kier alpha value is -1.70. The molecule has 1 aromatic carbocycles. The Labute approximate surface area is 191 Å². The van der Waals surface area contributed by atoms with E-state index in [0.717, 1.165) is 12.8 Å². The van der Waals surface area contributed by atoms with Gasteiger partial charge in [0.2, 0.25) is 5.91 Å². The molecule has 2 aliphatic rings. The Balaban J connectivity index is 1.71. The van der Waals surface area contributed by atoms with Crippen LogP contribution in [0, 0.1) is 17.2 Å². The fourth-order valence-corrected chi connectivity index (χ4v) is 5.10. The summed E-state index contributed by atoms with van der Waals surface area (Å²) in [6.07, 6.45) is 4.54. The van der Waals surface area contributed by atoms with Crippen molar-refractivity contribution in [2.45, 2.75) is 58.1 Å². The van der Waals surface area contributed by atoms with Crippen LogP contribution in [0.1, 0.15) is 46.5 Å². The minimum absolute atomic E-state index is 0.0128. The lowest BCUT2D eigenvalue weighted by atomic mass is 9.71. The fraction of sp³-hybridized carbons (Fsp3) is 0.720. The second-order valence-electron chi connectivity index (χ2n) is 10.6. The second-order valence-corrected chi connectivity index (χ2v) is 10.6. The summed E-state index contributed by atoms with van der Waals surface area (Å²) in [7, 11) is 1.49. The van der Waals surface area contributed by atoms with Crippen LogP contribution in [0.2, 0.25) is 0 Å². The Kier molecular flexibility index (Phi) is 8.17. The lowest BCUT2D eigenvalue weighted by Crippen LogP contribution is -2.54. The van der Waals surface area contributed by atoms with E-state index in [1.165, 1.54) is 32.1 Å². The highest BCUT2D eigenvalue weighted by atomic mass is 19.1. The van der Waals surface area contributed by atoms with Crippen LogP contribution in [-0.4, -0.2) is 79.0 Å². The van der Waals surface area contributed by atoms with Gasteiger partial charge in [0.1, 0.15) is 30.4 Å². The molecule has 180 valence electrons. The number of β-amino-alcohol motifs (C(OH)–C–C–N with tert-alkyl or cyclic N) is 1. The molecule has 0 bridgehead atoms. The van der Waals surface area contributed by atoms with Crippen LogP contribution in [0.5, 0.6) is 5.75 Å². The van der Waals surface area contributed by atoms with E-state index in [9.17, 15) is 14.3 Å². The topological polar surface area (TPSA) is 62.2 Å². The lowest BCUT2D eigenvalue weighted by molar-refractivity contribution is -0.138. The van der Waals surface area contributed by atoms with Gasteiger partial charge in [-0.1, -0.05) is 26.8 Å². The van der Waals surface area contributed by atoms with Crippen LogP contribution in [0.25, 0.3) is 0 Å². The van der Waals surface area contributed by atoms with Crippen molar-refractivity contribution in [3.05, 3.63) is 30.1 Å². The third-order valence-electron chi connectivity index (χ3n) is 7.00. The Morgan fingerprint density at radius 3 is 2.53 bits per heavy atom. The van der Waals surface area contributed by atoms with E-state index >= 15 is 0 Å². The molecular weight excluding hydrogens is 411 g/mol. The van der Waals surface area contributed by atoms with Gasteiger partial charge in [-0.15, -0.1) is 0 Å². The Morgan fingerprint density at radius 1 is 1.19 bits per heavy atom. The number of nitrogens with zero attached hydrogens (tertiary/aromatic N) is 2. The summed E-state index contributed by atoms with van der Waals surface area (Å²) in [5.41, 5.74) is -0.945. The number of halogens is 1. The maximum Gasteiger partial charge on any atom is 0.248 e. The normalized spacial score (nSPS) is 27.8. The molecule has 3 rings (SSSR count). The third kappa shape index (κ3) is 6.65. The zero-order valence-corrected chi connectivity index (χ0v) is 20.0. The summed E-state index contributed by atoms with van der Waals surface area (Å²) in [6, 6.07) is 6.29. The van der Waals surface area contributed by atoms with Crippen LogP contribution < -0.4 is 4.74 Å². The van der Waals surface area contributed by atoms with E-state index in [1.807, 2.05) is 0 Å². The molecule has 1 atom stereocenters. The number of aliphatic hydroxyl groups is 1. The van der Waals surface area contributed by atoms with E-state index < -0.39 is 5.60 Å². The van der Waals surface area contributed by atoms with E-state index in [2.05, 4.69) is 25.7 Å². The fourth-order valence-electron chi connectivity index (χ4n) is 5.10. The third-order valence-corrected chi connectivity index (χ3v) is 7.00. The highest BCUT2D eigenvalue weighted by Gasteiger charge is 2.41. The molecule has 1 unspecified atom stereocenters. The molecule has 0 spiro atoms. The molecule has 0 radical (unpaired) electrons. The van der Waals surface area contributed by atoms with Gasteiger partial charge in [0.25, 0.3) is 0 Å². The number of hydrogen-bond acceptors (Lipinski definition) is 5. The van der Waals surface area contributed by atoms with Gasteiger partial charge >= 0.3 is 0 Å². The van der Waals surface area contributed by atoms with Crippen LogP contribution in [0.4, 0.5) is 4.39 Å². The molecule has 32 heavy (non-hydrogen) atoms. The largest absolute Gasteiger partial charge is 0.490 e. The number of hydrogen-bond donors (Lipinski definition) is 1. The first-order valence-electron chi connectivity index (χ1n) is 11.7. The van der Waals surface area contributed by atoms with Crippen molar-refractivity contribution >= 4 is 5.91 Å². The summed E-state index contributed by atoms with van der Waals surface area (Å²) in [6.45, 7) is 8.75. The van der Waals surface area contributed by atoms with Gasteiger partial charge in [-0.2, -0.15) is 0 Å². The zero-order valence-electron chi connectivity index (χ0n) is 20.0. The molecule has 6 nitrogen and oxygen atoms in total. The number of benzene rings is 1. The van der Waals surface area contributed by atoms with Crippen LogP contribution >= 0.6 is 0 Å². The predicted molar refractivity (Wildman–Crippen MR) is 122 cm³/mol.